The summed E-state index contributed by atoms with van der Waals surface area (Å²) >= 11 is 0. The van der Waals surface area contributed by atoms with Gasteiger partial charge < -0.3 is 19.5 Å². The lowest BCUT2D eigenvalue weighted by Gasteiger charge is -2.25. The van der Waals surface area contributed by atoms with Crippen LogP contribution in [-0.4, -0.2) is 47.5 Å². The largest absolute Gasteiger partial charge is 0.469 e. The molecule has 0 aliphatic rings. The third-order valence-electron chi connectivity index (χ3n) is 6.69. The van der Waals surface area contributed by atoms with Crippen LogP contribution in [0.1, 0.15) is 61.0 Å². The summed E-state index contributed by atoms with van der Waals surface area (Å²) in [6.07, 6.45) is 5.53. The molecule has 0 aliphatic heterocycles. The molecular weight excluding hydrogens is 492 g/mol. The maximum absolute atomic E-state index is 13.8. The molecule has 8 heteroatoms. The van der Waals surface area contributed by atoms with Crippen molar-refractivity contribution >= 4 is 11.9 Å². The summed E-state index contributed by atoms with van der Waals surface area (Å²) in [6.45, 7) is 8.73. The van der Waals surface area contributed by atoms with Gasteiger partial charge in [-0.2, -0.15) is 0 Å². The van der Waals surface area contributed by atoms with Crippen LogP contribution in [0.4, 0.5) is 0 Å². The minimum absolute atomic E-state index is 0.0643. The molecule has 0 radical (unpaired) electrons. The Bertz CT molecular complexity index is 1340. The fourth-order valence-electron chi connectivity index (χ4n) is 4.87. The minimum Gasteiger partial charge on any atom is -0.469 e. The molecule has 1 unspecified atom stereocenters. The number of rotatable bonds is 11. The van der Waals surface area contributed by atoms with E-state index in [9.17, 15) is 14.4 Å². The number of hydrogen-bond donors (Lipinski definition) is 1. The van der Waals surface area contributed by atoms with E-state index in [0.29, 0.717) is 18.5 Å². The number of ether oxygens (including phenoxy) is 1. The molecule has 3 rings (SSSR count). The number of aryl methyl sites for hydroxylation is 2. The van der Waals surface area contributed by atoms with E-state index in [1.54, 1.807) is 24.7 Å². The molecule has 0 bridgehead atoms. The number of carbonyl (C=O) groups excluding carboxylic acids is 2. The van der Waals surface area contributed by atoms with Gasteiger partial charge >= 0.3 is 5.97 Å². The second kappa shape index (κ2) is 13.3. The number of aromatic nitrogens is 2. The number of hydrogen-bond acceptors (Lipinski definition) is 6. The van der Waals surface area contributed by atoms with Crippen molar-refractivity contribution in [3.8, 4) is 11.1 Å². The Hall–Kier alpha value is -3.78. The molecule has 39 heavy (non-hydrogen) atoms. The second-order valence-electron chi connectivity index (χ2n) is 10.8. The first-order chi connectivity index (χ1) is 18.5. The van der Waals surface area contributed by atoms with E-state index in [-0.39, 0.29) is 23.8 Å². The van der Waals surface area contributed by atoms with Gasteiger partial charge in [-0.15, -0.1) is 0 Å². The normalized spacial score (nSPS) is 12.8. The van der Waals surface area contributed by atoms with Crippen molar-refractivity contribution in [1.29, 1.82) is 0 Å². The van der Waals surface area contributed by atoms with Crippen molar-refractivity contribution in [2.24, 2.45) is 5.92 Å². The van der Waals surface area contributed by atoms with E-state index in [2.05, 4.69) is 10.3 Å². The number of methoxy groups -OCH3 is 1. The fraction of sp³-hybridized carbons (Fsp3) is 0.419. The van der Waals surface area contributed by atoms with Crippen LogP contribution in [0.3, 0.4) is 0 Å². The van der Waals surface area contributed by atoms with Crippen LogP contribution in [0.5, 0.6) is 0 Å². The number of esters is 1. The first-order valence-corrected chi connectivity index (χ1v) is 13.2. The highest BCUT2D eigenvalue weighted by molar-refractivity contribution is 5.82. The van der Waals surface area contributed by atoms with Gasteiger partial charge in [-0.3, -0.25) is 19.4 Å². The van der Waals surface area contributed by atoms with E-state index in [1.165, 1.54) is 11.7 Å². The highest BCUT2D eigenvalue weighted by atomic mass is 16.5. The van der Waals surface area contributed by atoms with Crippen molar-refractivity contribution in [3.05, 3.63) is 87.6 Å². The third-order valence-corrected chi connectivity index (χ3v) is 6.69. The van der Waals surface area contributed by atoms with E-state index in [1.807, 2.05) is 77.0 Å². The van der Waals surface area contributed by atoms with Gasteiger partial charge in [0.2, 0.25) is 5.91 Å². The van der Waals surface area contributed by atoms with Crippen LogP contribution in [-0.2, 0) is 20.9 Å². The Morgan fingerprint density at radius 2 is 1.77 bits per heavy atom. The van der Waals surface area contributed by atoms with Crippen molar-refractivity contribution in [1.82, 2.24) is 19.8 Å². The Balaban J connectivity index is 1.98. The number of amides is 1. The Labute approximate surface area is 231 Å². The van der Waals surface area contributed by atoms with Crippen LogP contribution >= 0.6 is 0 Å². The Morgan fingerprint density at radius 3 is 2.36 bits per heavy atom. The van der Waals surface area contributed by atoms with Crippen LogP contribution in [0, 0.1) is 19.8 Å². The molecule has 208 valence electrons. The Kier molecular flexibility index (Phi) is 10.2. The zero-order chi connectivity index (χ0) is 28.7. The molecule has 2 atom stereocenters. The summed E-state index contributed by atoms with van der Waals surface area (Å²) in [5, 5.41) is 3.04. The number of carbonyl (C=O) groups is 2. The molecule has 2 heterocycles. The monoisotopic (exact) mass is 532 g/mol. The summed E-state index contributed by atoms with van der Waals surface area (Å²) in [4.78, 5) is 45.6. The van der Waals surface area contributed by atoms with Gasteiger partial charge in [0.05, 0.1) is 19.6 Å². The molecule has 1 aromatic carbocycles. The number of nitrogens with zero attached hydrogens (tertiary/aromatic N) is 3. The highest BCUT2D eigenvalue weighted by Crippen LogP contribution is 2.30. The molecule has 0 saturated carbocycles. The van der Waals surface area contributed by atoms with E-state index in [0.717, 1.165) is 27.8 Å². The topological polar surface area (TPSA) is 93.5 Å². The van der Waals surface area contributed by atoms with Crippen molar-refractivity contribution in [2.75, 3.05) is 21.2 Å². The molecule has 3 aromatic rings. The molecular formula is C31H40N4O4. The van der Waals surface area contributed by atoms with Crippen molar-refractivity contribution < 1.29 is 14.3 Å². The quantitative estimate of drug-likeness (QED) is 0.363. The first-order valence-electron chi connectivity index (χ1n) is 13.2. The molecule has 0 aliphatic carbocycles. The lowest BCUT2D eigenvalue weighted by atomic mass is 9.94. The van der Waals surface area contributed by atoms with E-state index >= 15 is 0 Å². The van der Waals surface area contributed by atoms with Crippen LogP contribution in [0.15, 0.2) is 59.8 Å². The predicted molar refractivity (Wildman–Crippen MR) is 153 cm³/mol. The van der Waals surface area contributed by atoms with Gasteiger partial charge in [0.15, 0.2) is 0 Å². The SMILES string of the molecule is COC(=O)CC(NC(=O)[C@H](CC(C)C)n1ccc(CN(C)C)cc1=O)c1cncc(-c2c(C)cccc2C)c1. The van der Waals surface area contributed by atoms with Crippen LogP contribution in [0.25, 0.3) is 11.1 Å². The van der Waals surface area contributed by atoms with Gasteiger partial charge in [-0.05, 0) is 80.2 Å². The standard InChI is InChI=1S/C31H40N4O4/c1-20(2)13-27(35-12-11-23(14-28(35)36)19-34(5)6)31(38)33-26(16-29(37)39-7)24-15-25(18-32-17-24)30-21(3)9-8-10-22(30)4/h8-12,14-15,17-18,20,26-27H,13,16,19H2,1-7H3,(H,33,38)/t26?,27-/m0/s1. The van der Waals surface area contributed by atoms with Crippen LogP contribution < -0.4 is 10.9 Å². The number of pyridine rings is 2. The fourth-order valence-corrected chi connectivity index (χ4v) is 4.87. The van der Waals surface area contributed by atoms with E-state index < -0.39 is 18.1 Å². The van der Waals surface area contributed by atoms with Gasteiger partial charge in [-0.25, -0.2) is 0 Å². The second-order valence-corrected chi connectivity index (χ2v) is 10.8. The van der Waals surface area contributed by atoms with E-state index in [4.69, 9.17) is 4.74 Å². The smallest absolute Gasteiger partial charge is 0.307 e. The molecule has 1 N–H and O–H groups in total. The molecule has 0 spiro atoms. The predicted octanol–water partition coefficient (Wildman–Crippen LogP) is 4.60. The summed E-state index contributed by atoms with van der Waals surface area (Å²) < 4.78 is 6.42. The lowest BCUT2D eigenvalue weighted by Crippen LogP contribution is -2.40. The van der Waals surface area contributed by atoms with Crippen molar-refractivity contribution in [2.45, 2.75) is 59.2 Å². The van der Waals surface area contributed by atoms with Gasteiger partial charge in [0, 0.05) is 36.8 Å². The number of benzene rings is 1. The first kappa shape index (κ1) is 29.8. The number of nitrogens with one attached hydrogen (secondary N) is 1. The molecule has 8 nitrogen and oxygen atoms in total. The summed E-state index contributed by atoms with van der Waals surface area (Å²) in [7, 11) is 5.20. The summed E-state index contributed by atoms with van der Waals surface area (Å²) in [5.74, 6) is -0.636. The van der Waals surface area contributed by atoms with Crippen molar-refractivity contribution in [3.63, 3.8) is 0 Å². The average Bonchev–Trinajstić information content (AvgIpc) is 2.86. The van der Waals surface area contributed by atoms with Gasteiger partial charge in [0.25, 0.3) is 5.56 Å². The van der Waals surface area contributed by atoms with Gasteiger partial charge in [-0.1, -0.05) is 32.0 Å². The van der Waals surface area contributed by atoms with Gasteiger partial charge in [0.1, 0.15) is 6.04 Å². The maximum Gasteiger partial charge on any atom is 0.307 e. The maximum atomic E-state index is 13.8. The summed E-state index contributed by atoms with van der Waals surface area (Å²) in [6, 6.07) is 10.1. The minimum atomic E-state index is -0.735. The lowest BCUT2D eigenvalue weighted by molar-refractivity contribution is -0.141. The highest BCUT2D eigenvalue weighted by Gasteiger charge is 2.27. The zero-order valence-electron chi connectivity index (χ0n) is 24.0. The summed E-state index contributed by atoms with van der Waals surface area (Å²) in [5.41, 5.74) is 5.51. The zero-order valence-corrected chi connectivity index (χ0v) is 24.0. The average molecular weight is 533 g/mol. The third kappa shape index (κ3) is 7.86. The van der Waals surface area contributed by atoms with Crippen LogP contribution in [0.2, 0.25) is 0 Å². The molecule has 1 amide bonds. The molecule has 0 fully saturated rings. The molecule has 2 aromatic heterocycles. The Morgan fingerprint density at radius 1 is 1.08 bits per heavy atom. The molecule has 0 saturated heterocycles.